The van der Waals surface area contributed by atoms with Crippen molar-refractivity contribution in [3.8, 4) is 0 Å². The maximum atomic E-state index is 12.6. The molecule has 1 amide bonds. The summed E-state index contributed by atoms with van der Waals surface area (Å²) in [6, 6.07) is 4.97. The van der Waals surface area contributed by atoms with Gasteiger partial charge in [0.15, 0.2) is 6.61 Å². The van der Waals surface area contributed by atoms with Crippen molar-refractivity contribution < 1.29 is 27.5 Å². The van der Waals surface area contributed by atoms with Crippen molar-refractivity contribution >= 4 is 17.6 Å². The standard InChI is InChI=1S/C15H12F3N3O5/c16-15(17,18)9-2-1-3-10(6-9)19-12(23)8-26-13(24)7-21-5-4-11(22)20-14(21)25/h1-6H,7-8H2,(H,19,23)(H,20,22,25). The van der Waals surface area contributed by atoms with E-state index in [1.165, 1.54) is 6.07 Å². The van der Waals surface area contributed by atoms with Gasteiger partial charge in [-0.1, -0.05) is 6.07 Å². The lowest BCUT2D eigenvalue weighted by molar-refractivity contribution is -0.148. The number of rotatable bonds is 5. The zero-order valence-electron chi connectivity index (χ0n) is 13.0. The molecule has 0 aliphatic rings. The van der Waals surface area contributed by atoms with Crippen molar-refractivity contribution in [1.82, 2.24) is 9.55 Å². The topological polar surface area (TPSA) is 110 Å². The van der Waals surface area contributed by atoms with Crippen LogP contribution in [0.3, 0.4) is 0 Å². The van der Waals surface area contributed by atoms with Crippen LogP contribution in [0.1, 0.15) is 5.56 Å². The zero-order valence-corrected chi connectivity index (χ0v) is 13.0. The second-order valence-corrected chi connectivity index (χ2v) is 5.03. The number of amides is 1. The molecule has 0 saturated heterocycles. The van der Waals surface area contributed by atoms with Crippen LogP contribution in [-0.4, -0.2) is 28.0 Å². The molecule has 0 fully saturated rings. The quantitative estimate of drug-likeness (QED) is 0.754. The van der Waals surface area contributed by atoms with Gasteiger partial charge in [-0.15, -0.1) is 0 Å². The maximum Gasteiger partial charge on any atom is 0.416 e. The average molecular weight is 371 g/mol. The Morgan fingerprint density at radius 2 is 1.92 bits per heavy atom. The molecule has 0 bridgehead atoms. The van der Waals surface area contributed by atoms with E-state index in [0.717, 1.165) is 35.0 Å². The third kappa shape index (κ3) is 5.33. The molecular formula is C15H12F3N3O5. The highest BCUT2D eigenvalue weighted by Crippen LogP contribution is 2.30. The number of carbonyl (C=O) groups excluding carboxylic acids is 2. The van der Waals surface area contributed by atoms with E-state index >= 15 is 0 Å². The SMILES string of the molecule is O=C(COC(=O)Cn1ccc(=O)[nH]c1=O)Nc1cccc(C(F)(F)F)c1. The number of alkyl halides is 3. The van der Waals surface area contributed by atoms with Crippen molar-refractivity contribution in [2.75, 3.05) is 11.9 Å². The van der Waals surface area contributed by atoms with Crippen molar-refractivity contribution in [2.24, 2.45) is 0 Å². The fourth-order valence-corrected chi connectivity index (χ4v) is 1.87. The highest BCUT2D eigenvalue weighted by atomic mass is 19.4. The van der Waals surface area contributed by atoms with Gasteiger partial charge < -0.3 is 10.1 Å². The van der Waals surface area contributed by atoms with Crippen LogP contribution in [0.25, 0.3) is 0 Å². The Kier molecular flexibility index (Phi) is 5.60. The summed E-state index contributed by atoms with van der Waals surface area (Å²) >= 11 is 0. The molecule has 8 nitrogen and oxygen atoms in total. The second-order valence-electron chi connectivity index (χ2n) is 5.03. The molecule has 0 saturated carbocycles. The van der Waals surface area contributed by atoms with Crippen LogP contribution < -0.4 is 16.6 Å². The van der Waals surface area contributed by atoms with Gasteiger partial charge in [-0.2, -0.15) is 13.2 Å². The number of benzene rings is 1. The van der Waals surface area contributed by atoms with Crippen LogP contribution in [0.2, 0.25) is 0 Å². The normalized spacial score (nSPS) is 11.0. The van der Waals surface area contributed by atoms with E-state index < -0.39 is 48.0 Å². The Labute approximate surface area is 143 Å². The number of ether oxygens (including phenoxy) is 1. The van der Waals surface area contributed by atoms with Gasteiger partial charge in [-0.3, -0.25) is 23.9 Å². The van der Waals surface area contributed by atoms with E-state index in [1.54, 1.807) is 0 Å². The van der Waals surface area contributed by atoms with Crippen LogP contribution in [-0.2, 0) is 27.0 Å². The minimum Gasteiger partial charge on any atom is -0.454 e. The first kappa shape index (κ1) is 19.0. The van der Waals surface area contributed by atoms with E-state index in [-0.39, 0.29) is 5.69 Å². The lowest BCUT2D eigenvalue weighted by atomic mass is 10.2. The molecule has 0 unspecified atom stereocenters. The van der Waals surface area contributed by atoms with Gasteiger partial charge in [-0.25, -0.2) is 4.79 Å². The molecule has 1 heterocycles. The third-order valence-electron chi connectivity index (χ3n) is 3.03. The van der Waals surface area contributed by atoms with Gasteiger partial charge in [0.2, 0.25) is 0 Å². The van der Waals surface area contributed by atoms with Crippen molar-refractivity contribution in [1.29, 1.82) is 0 Å². The number of hydrogen-bond donors (Lipinski definition) is 2. The van der Waals surface area contributed by atoms with Gasteiger partial charge >= 0.3 is 17.8 Å². The molecule has 1 aromatic heterocycles. The smallest absolute Gasteiger partial charge is 0.416 e. The molecule has 0 aliphatic carbocycles. The number of aromatic nitrogens is 2. The first-order valence-electron chi connectivity index (χ1n) is 7.07. The fraction of sp³-hybridized carbons (Fsp3) is 0.200. The van der Waals surface area contributed by atoms with E-state index in [9.17, 15) is 32.3 Å². The molecule has 0 radical (unpaired) electrons. The summed E-state index contributed by atoms with van der Waals surface area (Å²) in [5.74, 6) is -1.80. The van der Waals surface area contributed by atoms with E-state index in [2.05, 4.69) is 10.1 Å². The number of carbonyl (C=O) groups is 2. The molecule has 0 aliphatic heterocycles. The van der Waals surface area contributed by atoms with Gasteiger partial charge in [0, 0.05) is 18.0 Å². The van der Waals surface area contributed by atoms with Crippen LogP contribution >= 0.6 is 0 Å². The van der Waals surface area contributed by atoms with Crippen molar-refractivity contribution in [2.45, 2.75) is 12.7 Å². The van der Waals surface area contributed by atoms with Crippen molar-refractivity contribution in [3.05, 3.63) is 62.9 Å². The van der Waals surface area contributed by atoms with Crippen LogP contribution in [0.4, 0.5) is 18.9 Å². The Balaban J connectivity index is 1.89. The Hall–Kier alpha value is -3.37. The van der Waals surface area contributed by atoms with E-state index in [1.807, 2.05) is 4.98 Å². The molecule has 2 N–H and O–H groups in total. The van der Waals surface area contributed by atoms with E-state index in [4.69, 9.17) is 0 Å². The maximum absolute atomic E-state index is 12.6. The first-order valence-corrected chi connectivity index (χ1v) is 7.07. The summed E-state index contributed by atoms with van der Waals surface area (Å²) in [6.07, 6.45) is -3.48. The predicted octanol–water partition coefficient (Wildman–Crippen LogP) is 0.737. The summed E-state index contributed by atoms with van der Waals surface area (Å²) in [6.45, 7) is -1.31. The zero-order chi connectivity index (χ0) is 19.3. The molecule has 26 heavy (non-hydrogen) atoms. The lowest BCUT2D eigenvalue weighted by Crippen LogP contribution is -2.32. The van der Waals surface area contributed by atoms with Gasteiger partial charge in [0.25, 0.3) is 11.5 Å². The monoisotopic (exact) mass is 371 g/mol. The minimum absolute atomic E-state index is 0.113. The minimum atomic E-state index is -4.56. The summed E-state index contributed by atoms with van der Waals surface area (Å²) in [5.41, 5.74) is -2.52. The van der Waals surface area contributed by atoms with Gasteiger partial charge in [0.1, 0.15) is 6.54 Å². The lowest BCUT2D eigenvalue weighted by Gasteiger charge is -2.10. The first-order chi connectivity index (χ1) is 12.1. The summed E-state index contributed by atoms with van der Waals surface area (Å²) in [4.78, 5) is 47.5. The number of anilines is 1. The second kappa shape index (κ2) is 7.68. The number of halogens is 3. The number of H-pyrrole nitrogens is 1. The van der Waals surface area contributed by atoms with E-state index in [0.29, 0.717) is 0 Å². The largest absolute Gasteiger partial charge is 0.454 e. The Morgan fingerprint density at radius 1 is 1.19 bits per heavy atom. The summed E-state index contributed by atoms with van der Waals surface area (Å²) in [7, 11) is 0. The molecule has 2 rings (SSSR count). The highest BCUT2D eigenvalue weighted by Gasteiger charge is 2.30. The van der Waals surface area contributed by atoms with Crippen molar-refractivity contribution in [3.63, 3.8) is 0 Å². The molecule has 0 spiro atoms. The Morgan fingerprint density at radius 3 is 2.58 bits per heavy atom. The Bertz CT molecular complexity index is 933. The molecule has 0 atom stereocenters. The molecule has 1 aromatic carbocycles. The predicted molar refractivity (Wildman–Crippen MR) is 82.4 cm³/mol. The number of nitrogens with one attached hydrogen (secondary N) is 2. The van der Waals surface area contributed by atoms with Crippen LogP contribution in [0.5, 0.6) is 0 Å². The fourth-order valence-electron chi connectivity index (χ4n) is 1.87. The molecule has 11 heteroatoms. The van der Waals surface area contributed by atoms with Crippen LogP contribution in [0.15, 0.2) is 46.1 Å². The van der Waals surface area contributed by atoms with Gasteiger partial charge in [-0.05, 0) is 18.2 Å². The third-order valence-corrected chi connectivity index (χ3v) is 3.03. The molecule has 2 aromatic rings. The van der Waals surface area contributed by atoms with Crippen LogP contribution in [0, 0.1) is 0 Å². The molecular weight excluding hydrogens is 359 g/mol. The number of esters is 1. The highest BCUT2D eigenvalue weighted by molar-refractivity contribution is 5.92. The number of hydrogen-bond acceptors (Lipinski definition) is 5. The summed E-state index contributed by atoms with van der Waals surface area (Å²) in [5, 5.41) is 2.16. The number of nitrogens with zero attached hydrogens (tertiary/aromatic N) is 1. The average Bonchev–Trinajstić information content (AvgIpc) is 2.55. The number of aromatic amines is 1. The molecule has 138 valence electrons. The summed E-state index contributed by atoms with van der Waals surface area (Å²) < 4.78 is 43.3. The van der Waals surface area contributed by atoms with Gasteiger partial charge in [0.05, 0.1) is 5.56 Å².